The average Bonchev–Trinajstić information content (AvgIpc) is 2.65. The van der Waals surface area contributed by atoms with Gasteiger partial charge in [-0.3, -0.25) is 0 Å². The zero-order valence-corrected chi connectivity index (χ0v) is 17.4. The summed E-state index contributed by atoms with van der Waals surface area (Å²) in [6.45, 7) is 1.94. The van der Waals surface area contributed by atoms with Crippen LogP contribution in [-0.4, -0.2) is 49.0 Å². The average molecular weight is 484 g/mol. The summed E-state index contributed by atoms with van der Waals surface area (Å²) in [6.07, 6.45) is -9.55. The SMILES string of the molecule is Cc1cc(Cl)cc2c1OC(C(F)(F)F)C(C(=O)OC(C)OC(=O)OCCCO[N+](=O)[O-])=C2. The maximum absolute atomic E-state index is 13.5. The highest BCUT2D eigenvalue weighted by Gasteiger charge is 2.49. The Morgan fingerprint density at radius 1 is 1.28 bits per heavy atom. The number of fused-ring (bicyclic) bond motifs is 1. The van der Waals surface area contributed by atoms with Crippen LogP contribution in [0.1, 0.15) is 24.5 Å². The Hall–Kier alpha value is -3.22. The van der Waals surface area contributed by atoms with Crippen LogP contribution >= 0.6 is 11.6 Å². The number of alkyl halides is 3. The molecule has 2 unspecified atom stereocenters. The van der Waals surface area contributed by atoms with E-state index < -0.39 is 41.4 Å². The van der Waals surface area contributed by atoms with Crippen molar-refractivity contribution in [2.45, 2.75) is 38.8 Å². The molecule has 1 aliphatic heterocycles. The van der Waals surface area contributed by atoms with Crippen molar-refractivity contribution in [2.24, 2.45) is 0 Å². The Morgan fingerprint density at radius 3 is 2.59 bits per heavy atom. The first kappa shape index (κ1) is 25.0. The van der Waals surface area contributed by atoms with Crippen molar-refractivity contribution in [1.29, 1.82) is 0 Å². The number of benzene rings is 1. The summed E-state index contributed by atoms with van der Waals surface area (Å²) < 4.78 is 59.5. The van der Waals surface area contributed by atoms with Gasteiger partial charge < -0.3 is 23.8 Å². The van der Waals surface area contributed by atoms with Crippen LogP contribution in [-0.2, 0) is 23.8 Å². The van der Waals surface area contributed by atoms with E-state index in [0.717, 1.165) is 13.0 Å². The van der Waals surface area contributed by atoms with Crippen molar-refractivity contribution < 1.29 is 51.6 Å². The fourth-order valence-electron chi connectivity index (χ4n) is 2.62. The molecule has 1 heterocycles. The molecule has 0 aliphatic carbocycles. The molecule has 0 fully saturated rings. The molecule has 0 saturated carbocycles. The van der Waals surface area contributed by atoms with E-state index in [1.54, 1.807) is 0 Å². The Morgan fingerprint density at radius 2 is 1.97 bits per heavy atom. The van der Waals surface area contributed by atoms with Gasteiger partial charge >= 0.3 is 18.3 Å². The Labute approximate surface area is 183 Å². The van der Waals surface area contributed by atoms with Crippen LogP contribution < -0.4 is 4.74 Å². The number of hydrogen-bond donors (Lipinski definition) is 0. The van der Waals surface area contributed by atoms with Crippen molar-refractivity contribution >= 4 is 29.8 Å². The maximum atomic E-state index is 13.5. The summed E-state index contributed by atoms with van der Waals surface area (Å²) >= 11 is 5.92. The van der Waals surface area contributed by atoms with E-state index in [4.69, 9.17) is 21.1 Å². The smallest absolute Gasteiger partial charge is 0.475 e. The van der Waals surface area contributed by atoms with Crippen molar-refractivity contribution in [1.82, 2.24) is 0 Å². The maximum Gasteiger partial charge on any atom is 0.511 e. The number of hydrogen-bond acceptors (Lipinski definition) is 9. The second kappa shape index (κ2) is 10.4. The molecule has 0 bridgehead atoms. The number of ether oxygens (including phenoxy) is 4. The third-order valence-electron chi connectivity index (χ3n) is 3.87. The van der Waals surface area contributed by atoms with E-state index >= 15 is 0 Å². The molecular formula is C18H17ClF3NO9. The number of nitrogens with zero attached hydrogens (tertiary/aromatic N) is 1. The van der Waals surface area contributed by atoms with Gasteiger partial charge in [-0.25, -0.2) is 9.59 Å². The summed E-state index contributed by atoms with van der Waals surface area (Å²) in [5, 5.41) is 9.18. The van der Waals surface area contributed by atoms with Crippen LogP contribution in [0.2, 0.25) is 5.02 Å². The lowest BCUT2D eigenvalue weighted by atomic mass is 9.99. The molecular weight excluding hydrogens is 467 g/mol. The first-order chi connectivity index (χ1) is 14.9. The van der Waals surface area contributed by atoms with Crippen LogP contribution in [0.15, 0.2) is 17.7 Å². The van der Waals surface area contributed by atoms with Crippen LogP contribution in [0, 0.1) is 17.0 Å². The van der Waals surface area contributed by atoms with Gasteiger partial charge in [0, 0.05) is 23.9 Å². The summed E-state index contributed by atoms with van der Waals surface area (Å²) in [7, 11) is 0. The lowest BCUT2D eigenvalue weighted by Crippen LogP contribution is -2.41. The first-order valence-electron chi connectivity index (χ1n) is 8.95. The van der Waals surface area contributed by atoms with E-state index in [2.05, 4.69) is 14.3 Å². The number of aryl methyl sites for hydroxylation is 1. The van der Waals surface area contributed by atoms with Crippen molar-refractivity contribution in [3.05, 3.63) is 44.0 Å². The second-order valence-corrected chi connectivity index (χ2v) is 6.82. The number of carbonyl (C=O) groups excluding carboxylic acids is 2. The third kappa shape index (κ3) is 6.90. The standard InChI is InChI=1S/C18H17ClF3NO9/c1-9-6-12(19)7-11-8-13(15(18(20,21)22)32-14(9)11)16(24)30-10(2)31-17(25)28-4-3-5-29-23(26)27/h6-8,10,15H,3-5H2,1-2H3. The van der Waals surface area contributed by atoms with Crippen LogP contribution in [0.4, 0.5) is 18.0 Å². The fourth-order valence-corrected chi connectivity index (χ4v) is 2.90. The van der Waals surface area contributed by atoms with E-state index in [-0.39, 0.29) is 36.0 Å². The van der Waals surface area contributed by atoms with Gasteiger partial charge in [0.05, 0.1) is 18.8 Å². The minimum absolute atomic E-state index is 0.0247. The van der Waals surface area contributed by atoms with Crippen molar-refractivity contribution in [3.63, 3.8) is 0 Å². The van der Waals surface area contributed by atoms with Gasteiger partial charge in [-0.2, -0.15) is 13.2 Å². The van der Waals surface area contributed by atoms with Crippen molar-refractivity contribution in [3.8, 4) is 5.75 Å². The first-order valence-corrected chi connectivity index (χ1v) is 9.33. The molecule has 0 spiro atoms. The highest BCUT2D eigenvalue weighted by molar-refractivity contribution is 6.30. The molecule has 0 radical (unpaired) electrons. The van der Waals surface area contributed by atoms with Gasteiger partial charge in [-0.1, -0.05) is 11.6 Å². The van der Waals surface area contributed by atoms with Gasteiger partial charge in [0.15, 0.2) is 0 Å². The third-order valence-corrected chi connectivity index (χ3v) is 4.09. The number of carbonyl (C=O) groups is 2. The molecule has 14 heteroatoms. The molecule has 1 aromatic rings. The zero-order chi connectivity index (χ0) is 24.1. The molecule has 2 rings (SSSR count). The molecule has 32 heavy (non-hydrogen) atoms. The Balaban J connectivity index is 2.03. The van der Waals surface area contributed by atoms with Gasteiger partial charge in [0.1, 0.15) is 5.75 Å². The topological polar surface area (TPSA) is 123 Å². The lowest BCUT2D eigenvalue weighted by molar-refractivity contribution is -0.757. The molecule has 0 saturated heterocycles. The molecule has 1 aromatic carbocycles. The molecule has 1 aliphatic rings. The van der Waals surface area contributed by atoms with Crippen molar-refractivity contribution in [2.75, 3.05) is 13.2 Å². The molecule has 2 atom stereocenters. The van der Waals surface area contributed by atoms with Gasteiger partial charge in [0.25, 0.3) is 5.09 Å². The van der Waals surface area contributed by atoms with Gasteiger partial charge in [0.2, 0.25) is 12.4 Å². The van der Waals surface area contributed by atoms with Crippen LogP contribution in [0.25, 0.3) is 6.08 Å². The van der Waals surface area contributed by atoms with E-state index in [0.29, 0.717) is 5.56 Å². The second-order valence-electron chi connectivity index (χ2n) is 6.38. The van der Waals surface area contributed by atoms with E-state index in [9.17, 15) is 32.9 Å². The largest absolute Gasteiger partial charge is 0.511 e. The van der Waals surface area contributed by atoms with E-state index in [1.165, 1.54) is 19.1 Å². The van der Waals surface area contributed by atoms with Crippen LogP contribution in [0.3, 0.4) is 0 Å². The summed E-state index contributed by atoms with van der Waals surface area (Å²) in [4.78, 5) is 37.9. The minimum Gasteiger partial charge on any atom is -0.475 e. The summed E-state index contributed by atoms with van der Waals surface area (Å²) in [5.74, 6) is -1.52. The molecule has 0 amide bonds. The summed E-state index contributed by atoms with van der Waals surface area (Å²) in [5.41, 5.74) is -0.381. The quantitative estimate of drug-likeness (QED) is 0.177. The monoisotopic (exact) mass is 483 g/mol. The van der Waals surface area contributed by atoms with Crippen LogP contribution in [0.5, 0.6) is 5.75 Å². The molecule has 176 valence electrons. The van der Waals surface area contributed by atoms with Gasteiger partial charge in [-0.15, -0.1) is 10.1 Å². The number of halogens is 4. The fraction of sp³-hybridized carbons (Fsp3) is 0.444. The highest BCUT2D eigenvalue weighted by Crippen LogP contribution is 2.40. The predicted molar refractivity (Wildman–Crippen MR) is 100 cm³/mol. The zero-order valence-electron chi connectivity index (χ0n) is 16.6. The molecule has 0 N–H and O–H groups in total. The lowest BCUT2D eigenvalue weighted by Gasteiger charge is -2.29. The number of esters is 1. The Bertz CT molecular complexity index is 920. The molecule has 0 aromatic heterocycles. The summed E-state index contributed by atoms with van der Waals surface area (Å²) in [6, 6.07) is 2.74. The number of rotatable bonds is 8. The normalized spacial score (nSPS) is 16.1. The minimum atomic E-state index is -4.94. The molecule has 10 nitrogen and oxygen atoms in total. The van der Waals surface area contributed by atoms with E-state index in [1.807, 2.05) is 0 Å². The van der Waals surface area contributed by atoms with Gasteiger partial charge in [-0.05, 0) is 30.7 Å². The highest BCUT2D eigenvalue weighted by atomic mass is 35.5. The Kier molecular flexibility index (Phi) is 8.14. The predicted octanol–water partition coefficient (Wildman–Crippen LogP) is 4.00.